The molecule has 0 aliphatic carbocycles. The third kappa shape index (κ3) is 9.79. The first-order valence-corrected chi connectivity index (χ1v) is 20.7. The minimum atomic E-state index is -0.996. The summed E-state index contributed by atoms with van der Waals surface area (Å²) in [5.41, 5.74) is 5.99. The predicted molar refractivity (Wildman–Crippen MR) is 225 cm³/mol. The fourth-order valence-corrected chi connectivity index (χ4v) is 8.37. The lowest BCUT2D eigenvalue weighted by Crippen LogP contribution is -2.46. The molecule has 3 amide bonds. The van der Waals surface area contributed by atoms with Crippen molar-refractivity contribution in [1.82, 2.24) is 15.1 Å². The van der Waals surface area contributed by atoms with Gasteiger partial charge >= 0.3 is 6.09 Å². The molecule has 5 aromatic rings. The highest BCUT2D eigenvalue weighted by Gasteiger charge is 2.40. The fraction of sp³-hybridized carbons (Fsp3) is 0.312. The topological polar surface area (TPSA) is 138 Å². The number of amides is 3. The first-order valence-electron chi connectivity index (χ1n) is 20.3. The Hall–Kier alpha value is -5.40. The maximum absolute atomic E-state index is 13.3. The van der Waals surface area contributed by atoms with E-state index in [0.717, 1.165) is 44.5 Å². The molecule has 60 heavy (non-hydrogen) atoms. The van der Waals surface area contributed by atoms with Gasteiger partial charge in [-0.1, -0.05) is 115 Å². The minimum absolute atomic E-state index is 0.0418. The monoisotopic (exact) mass is 829 g/mol. The summed E-state index contributed by atoms with van der Waals surface area (Å²) >= 11 is 6.11. The maximum atomic E-state index is 13.3. The lowest BCUT2D eigenvalue weighted by atomic mass is 9.84. The highest BCUT2D eigenvalue weighted by Crippen LogP contribution is 2.40. The summed E-state index contributed by atoms with van der Waals surface area (Å²) in [4.78, 5) is 42.3. The Labute approximate surface area is 354 Å². The molecule has 3 saturated heterocycles. The molecule has 5 aromatic carbocycles. The molecule has 12 heteroatoms. The van der Waals surface area contributed by atoms with Gasteiger partial charge in [0.1, 0.15) is 12.6 Å². The summed E-state index contributed by atoms with van der Waals surface area (Å²) in [5.74, 6) is -0.850. The Morgan fingerprint density at radius 2 is 1.50 bits per heavy atom. The molecule has 4 unspecified atom stereocenters. The van der Waals surface area contributed by atoms with Crippen molar-refractivity contribution in [2.45, 2.75) is 75.6 Å². The van der Waals surface area contributed by atoms with Crippen LogP contribution >= 0.6 is 11.6 Å². The van der Waals surface area contributed by atoms with Crippen molar-refractivity contribution < 1.29 is 38.8 Å². The van der Waals surface area contributed by atoms with E-state index in [1.165, 1.54) is 4.90 Å². The lowest BCUT2D eigenvalue weighted by molar-refractivity contribution is -0.253. The molecule has 3 aliphatic heterocycles. The Morgan fingerprint density at radius 3 is 2.23 bits per heavy atom. The molecule has 0 bridgehead atoms. The van der Waals surface area contributed by atoms with Gasteiger partial charge in [-0.2, -0.15) is 0 Å². The molecule has 0 saturated carbocycles. The number of carbonyl (C=O) groups is 3. The Kier molecular flexibility index (Phi) is 12.7. The van der Waals surface area contributed by atoms with Gasteiger partial charge in [-0.05, 0) is 76.1 Å². The fourth-order valence-electron chi connectivity index (χ4n) is 8.24. The quantitative estimate of drug-likeness (QED) is 0.109. The number of alkyl carbamates (subject to hydrolysis) is 1. The lowest BCUT2D eigenvalue weighted by Gasteiger charge is -2.42. The third-order valence-corrected chi connectivity index (χ3v) is 11.9. The van der Waals surface area contributed by atoms with E-state index in [0.29, 0.717) is 43.9 Å². The van der Waals surface area contributed by atoms with Crippen molar-refractivity contribution in [2.75, 3.05) is 19.6 Å². The highest BCUT2D eigenvalue weighted by molar-refractivity contribution is 6.30. The second-order valence-corrected chi connectivity index (χ2v) is 16.2. The largest absolute Gasteiger partial charge is 0.445 e. The van der Waals surface area contributed by atoms with Crippen molar-refractivity contribution in [2.24, 2.45) is 0 Å². The van der Waals surface area contributed by atoms with Crippen molar-refractivity contribution in [1.29, 1.82) is 0 Å². The number of ether oxygens (including phenoxy) is 3. The number of halogens is 1. The SMILES string of the molecule is O=C(NC1CC(=O)N(Cc2cccc(-c3cccc(C4OC(CN5CCC(O)(c6ccc(Cl)cc6)CC5)CC(c5ccc(CO)cc5)O4)c3)c2)C1=O)OCc1ccccc1. The highest BCUT2D eigenvalue weighted by atomic mass is 35.5. The zero-order valence-corrected chi connectivity index (χ0v) is 33.9. The zero-order chi connectivity index (χ0) is 41.6. The molecule has 4 atom stereocenters. The standard InChI is InChI=1S/C48H48ClN3O8/c49-40-18-16-39(17-19-40)48(57)20-22-51(23-21-48)29-41-26-43(35-14-12-32(30-53)13-15-35)60-46(59-41)38-11-5-10-37(25-38)36-9-4-8-34(24-36)28-52-44(54)27-42(45(52)55)50-47(56)58-31-33-6-2-1-3-7-33/h1-19,24-25,41-43,46,53,57H,20-23,26-31H2,(H,50,56). The average molecular weight is 830 g/mol. The molecular weight excluding hydrogens is 782 g/mol. The molecule has 3 fully saturated rings. The van der Waals surface area contributed by atoms with Crippen LogP contribution in [0.4, 0.5) is 4.79 Å². The van der Waals surface area contributed by atoms with Gasteiger partial charge in [0.15, 0.2) is 6.29 Å². The van der Waals surface area contributed by atoms with Gasteiger partial charge in [-0.15, -0.1) is 0 Å². The van der Waals surface area contributed by atoms with E-state index < -0.39 is 29.9 Å². The summed E-state index contributed by atoms with van der Waals surface area (Å²) in [6.07, 6.45) is -0.178. The van der Waals surface area contributed by atoms with Crippen molar-refractivity contribution in [3.05, 3.63) is 166 Å². The van der Waals surface area contributed by atoms with Gasteiger partial charge in [0, 0.05) is 36.6 Å². The van der Waals surface area contributed by atoms with E-state index in [9.17, 15) is 24.6 Å². The van der Waals surface area contributed by atoms with Crippen LogP contribution in [-0.4, -0.2) is 69.7 Å². The Morgan fingerprint density at radius 1 is 0.800 bits per heavy atom. The van der Waals surface area contributed by atoms with Crippen LogP contribution in [0.1, 0.15) is 71.5 Å². The third-order valence-electron chi connectivity index (χ3n) is 11.7. The summed E-state index contributed by atoms with van der Waals surface area (Å²) in [7, 11) is 0. The van der Waals surface area contributed by atoms with E-state index in [1.807, 2.05) is 127 Å². The van der Waals surface area contributed by atoms with Crippen LogP contribution < -0.4 is 5.32 Å². The molecule has 3 N–H and O–H groups in total. The molecule has 3 aliphatic rings. The molecule has 0 radical (unpaired) electrons. The van der Waals surface area contributed by atoms with Crippen LogP contribution in [0, 0.1) is 0 Å². The van der Waals surface area contributed by atoms with E-state index >= 15 is 0 Å². The van der Waals surface area contributed by atoms with Gasteiger partial charge in [0.05, 0.1) is 37.4 Å². The maximum Gasteiger partial charge on any atom is 0.408 e. The molecular formula is C48H48ClN3O8. The number of nitrogens with zero attached hydrogens (tertiary/aromatic N) is 2. The average Bonchev–Trinajstić information content (AvgIpc) is 3.54. The van der Waals surface area contributed by atoms with Crippen LogP contribution in [-0.2, 0) is 49.2 Å². The number of hydrogen-bond acceptors (Lipinski definition) is 9. The van der Waals surface area contributed by atoms with Crippen LogP contribution in [0.5, 0.6) is 0 Å². The van der Waals surface area contributed by atoms with Crippen molar-refractivity contribution >= 4 is 29.5 Å². The molecule has 310 valence electrons. The normalized spacial score (nSPS) is 21.8. The molecule has 0 spiro atoms. The number of hydrogen-bond donors (Lipinski definition) is 3. The molecule has 0 aromatic heterocycles. The van der Waals surface area contributed by atoms with Gasteiger partial charge in [-0.25, -0.2) is 4.79 Å². The second-order valence-electron chi connectivity index (χ2n) is 15.8. The Balaban J connectivity index is 0.940. The summed E-state index contributed by atoms with van der Waals surface area (Å²) in [6.45, 7) is 2.15. The zero-order valence-electron chi connectivity index (χ0n) is 33.1. The molecule has 3 heterocycles. The van der Waals surface area contributed by atoms with Gasteiger partial charge in [-0.3, -0.25) is 14.5 Å². The van der Waals surface area contributed by atoms with Crippen LogP contribution in [0.25, 0.3) is 11.1 Å². The Bertz CT molecular complexity index is 2280. The number of nitrogens with one attached hydrogen (secondary N) is 1. The summed E-state index contributed by atoms with van der Waals surface area (Å²) in [6, 6.07) is 39.1. The van der Waals surface area contributed by atoms with Gasteiger partial charge in [0.25, 0.3) is 5.91 Å². The van der Waals surface area contributed by atoms with Gasteiger partial charge in [0.2, 0.25) is 5.91 Å². The van der Waals surface area contributed by atoms with Crippen LogP contribution in [0.3, 0.4) is 0 Å². The summed E-state index contributed by atoms with van der Waals surface area (Å²) < 4.78 is 18.7. The van der Waals surface area contributed by atoms with Crippen LogP contribution in [0.2, 0.25) is 5.02 Å². The first-order chi connectivity index (χ1) is 29.1. The first kappa shape index (κ1) is 41.3. The number of aliphatic hydroxyl groups is 2. The van der Waals surface area contributed by atoms with Crippen molar-refractivity contribution in [3.8, 4) is 11.1 Å². The summed E-state index contributed by atoms with van der Waals surface area (Å²) in [5, 5.41) is 24.4. The second kappa shape index (κ2) is 18.5. The number of carbonyl (C=O) groups excluding carboxylic acids is 3. The van der Waals surface area contributed by atoms with E-state index in [1.54, 1.807) is 0 Å². The van der Waals surface area contributed by atoms with E-state index in [-0.39, 0.29) is 44.3 Å². The van der Waals surface area contributed by atoms with Crippen molar-refractivity contribution in [3.63, 3.8) is 0 Å². The number of imide groups is 1. The van der Waals surface area contributed by atoms with Crippen LogP contribution in [0.15, 0.2) is 127 Å². The number of aliphatic hydroxyl groups excluding tert-OH is 1. The minimum Gasteiger partial charge on any atom is -0.445 e. The van der Waals surface area contributed by atoms with E-state index in [2.05, 4.69) is 10.2 Å². The molecule has 8 rings (SSSR count). The number of rotatable bonds is 12. The van der Waals surface area contributed by atoms with Gasteiger partial charge < -0.3 is 34.6 Å². The molecule has 11 nitrogen and oxygen atoms in total. The predicted octanol–water partition coefficient (Wildman–Crippen LogP) is 7.58. The number of benzene rings is 5. The number of likely N-dealkylation sites (tertiary alicyclic amines) is 2. The number of piperidine rings is 1. The van der Waals surface area contributed by atoms with E-state index in [4.69, 9.17) is 25.8 Å². The smallest absolute Gasteiger partial charge is 0.408 e.